The Balaban J connectivity index is 1.07. The summed E-state index contributed by atoms with van der Waals surface area (Å²) in [5.74, 6) is 2.62. The van der Waals surface area contributed by atoms with Crippen LogP contribution >= 0.6 is 0 Å². The SMILES string of the molecule is c1ccc(-c2ccc(-c3nc(-c4ccc5ccccc5c4)nc(-c4ccc5c(c4)c4ccccc4n5-c4nc5ccccc5c5nc6ccccc6n45)n3)cc2)cc1. The fraction of sp³-hybridized carbons (Fsp3) is 0. The normalized spacial score (nSPS) is 11.8. The third kappa shape index (κ3) is 5.11. The molecule has 0 unspecified atom stereocenters. The Hall–Kier alpha value is -8.03. The number of nitrogens with zero attached hydrogens (tertiary/aromatic N) is 7. The summed E-state index contributed by atoms with van der Waals surface area (Å²) in [6.45, 7) is 0. The van der Waals surface area contributed by atoms with E-state index in [0.29, 0.717) is 17.5 Å². The molecular formula is C51H31N7. The minimum absolute atomic E-state index is 0.603. The van der Waals surface area contributed by atoms with Crippen molar-refractivity contribution in [3.05, 3.63) is 188 Å². The predicted molar refractivity (Wildman–Crippen MR) is 235 cm³/mol. The van der Waals surface area contributed by atoms with Crippen LogP contribution in [0.25, 0.3) is 111 Å². The van der Waals surface area contributed by atoms with Crippen molar-refractivity contribution in [3.8, 4) is 51.2 Å². The summed E-state index contributed by atoms with van der Waals surface area (Å²) in [6.07, 6.45) is 0. The van der Waals surface area contributed by atoms with E-state index in [1.165, 1.54) is 5.39 Å². The molecule has 8 aromatic carbocycles. The van der Waals surface area contributed by atoms with Gasteiger partial charge in [0.05, 0.1) is 27.6 Å². The molecule has 12 rings (SSSR count). The van der Waals surface area contributed by atoms with E-state index in [2.05, 4.69) is 173 Å². The molecule has 58 heavy (non-hydrogen) atoms. The molecule has 0 aliphatic carbocycles. The van der Waals surface area contributed by atoms with Crippen molar-refractivity contribution in [3.63, 3.8) is 0 Å². The van der Waals surface area contributed by atoms with Gasteiger partial charge in [0.15, 0.2) is 17.5 Å². The van der Waals surface area contributed by atoms with E-state index in [1.807, 2.05) is 24.3 Å². The first kappa shape index (κ1) is 32.2. The number of hydrogen-bond donors (Lipinski definition) is 0. The zero-order valence-corrected chi connectivity index (χ0v) is 31.0. The first-order chi connectivity index (χ1) is 28.7. The maximum atomic E-state index is 5.34. The zero-order chi connectivity index (χ0) is 38.2. The van der Waals surface area contributed by atoms with E-state index in [0.717, 1.165) is 88.5 Å². The van der Waals surface area contributed by atoms with Gasteiger partial charge < -0.3 is 0 Å². The van der Waals surface area contributed by atoms with Crippen LogP contribution in [-0.2, 0) is 0 Å². The largest absolute Gasteiger partial charge is 0.279 e. The number of para-hydroxylation sites is 4. The number of aromatic nitrogens is 7. The van der Waals surface area contributed by atoms with Gasteiger partial charge in [0.25, 0.3) is 0 Å². The summed E-state index contributed by atoms with van der Waals surface area (Å²) in [5.41, 5.74) is 10.8. The van der Waals surface area contributed by atoms with Crippen LogP contribution in [0.2, 0.25) is 0 Å². The highest BCUT2D eigenvalue weighted by molar-refractivity contribution is 6.10. The van der Waals surface area contributed by atoms with E-state index >= 15 is 0 Å². The van der Waals surface area contributed by atoms with Crippen LogP contribution < -0.4 is 0 Å². The number of fused-ring (bicyclic) bond motifs is 9. The van der Waals surface area contributed by atoms with Crippen molar-refractivity contribution in [2.45, 2.75) is 0 Å². The fourth-order valence-corrected chi connectivity index (χ4v) is 8.34. The van der Waals surface area contributed by atoms with Crippen molar-refractivity contribution in [1.29, 1.82) is 0 Å². The number of benzene rings is 8. The van der Waals surface area contributed by atoms with Gasteiger partial charge in [0.1, 0.15) is 5.65 Å². The smallest absolute Gasteiger partial charge is 0.221 e. The topological polar surface area (TPSA) is 73.8 Å². The molecule has 0 aliphatic rings. The summed E-state index contributed by atoms with van der Waals surface area (Å²) in [5, 5.41) is 5.48. The van der Waals surface area contributed by atoms with Gasteiger partial charge in [-0.05, 0) is 76.5 Å². The van der Waals surface area contributed by atoms with Crippen molar-refractivity contribution < 1.29 is 0 Å². The standard InChI is InChI=1S/C51H31N7/c1-2-12-32(13-3-1)34-22-25-35(26-23-34)47-54-48(37-27-24-33-14-4-5-15-36(33)30-37)56-49(55-47)38-28-29-45-41(31-38)39-16-7-10-20-44(39)57(45)51-53-42-18-8-6-17-40(42)50-52-43-19-9-11-21-46(43)58(50)51/h1-31H. The number of hydrogen-bond acceptors (Lipinski definition) is 5. The monoisotopic (exact) mass is 741 g/mol. The van der Waals surface area contributed by atoms with Gasteiger partial charge in [-0.2, -0.15) is 0 Å². The molecule has 0 spiro atoms. The molecule has 0 radical (unpaired) electrons. The van der Waals surface area contributed by atoms with Gasteiger partial charge in [0, 0.05) is 32.8 Å². The van der Waals surface area contributed by atoms with E-state index in [1.54, 1.807) is 0 Å². The van der Waals surface area contributed by atoms with Gasteiger partial charge in [0.2, 0.25) is 5.95 Å². The quantitative estimate of drug-likeness (QED) is 0.176. The maximum absolute atomic E-state index is 5.34. The van der Waals surface area contributed by atoms with Crippen LogP contribution in [0.1, 0.15) is 0 Å². The van der Waals surface area contributed by atoms with Gasteiger partial charge in [-0.1, -0.05) is 133 Å². The Morgan fingerprint density at radius 2 is 0.862 bits per heavy atom. The van der Waals surface area contributed by atoms with Crippen molar-refractivity contribution >= 4 is 60.2 Å². The Morgan fingerprint density at radius 1 is 0.310 bits per heavy atom. The summed E-state index contributed by atoms with van der Waals surface area (Å²) in [4.78, 5) is 25.9. The van der Waals surface area contributed by atoms with Crippen molar-refractivity contribution in [1.82, 2.24) is 33.9 Å². The lowest BCUT2D eigenvalue weighted by Crippen LogP contribution is -2.06. The Labute approximate surface area is 332 Å². The lowest BCUT2D eigenvalue weighted by atomic mass is 10.0. The lowest BCUT2D eigenvalue weighted by molar-refractivity contribution is 0.979. The third-order valence-electron chi connectivity index (χ3n) is 11.2. The first-order valence-electron chi connectivity index (χ1n) is 19.3. The summed E-state index contributed by atoms with van der Waals surface area (Å²) in [6, 6.07) is 65.1. The van der Waals surface area contributed by atoms with Crippen LogP contribution in [0.4, 0.5) is 0 Å². The van der Waals surface area contributed by atoms with Gasteiger partial charge >= 0.3 is 0 Å². The van der Waals surface area contributed by atoms with Gasteiger partial charge in [-0.25, -0.2) is 24.9 Å². The fourth-order valence-electron chi connectivity index (χ4n) is 8.34. The van der Waals surface area contributed by atoms with Crippen molar-refractivity contribution in [2.24, 2.45) is 0 Å². The molecule has 0 amide bonds. The minimum atomic E-state index is 0.603. The molecule has 0 fully saturated rings. The average Bonchev–Trinajstić information content (AvgIpc) is 3.85. The molecule has 12 aromatic rings. The highest BCUT2D eigenvalue weighted by Crippen LogP contribution is 2.37. The molecule has 270 valence electrons. The second-order valence-electron chi connectivity index (χ2n) is 14.6. The Morgan fingerprint density at radius 3 is 1.67 bits per heavy atom. The van der Waals surface area contributed by atoms with Crippen molar-refractivity contribution in [2.75, 3.05) is 0 Å². The van der Waals surface area contributed by atoms with E-state index in [9.17, 15) is 0 Å². The minimum Gasteiger partial charge on any atom is -0.279 e. The molecule has 0 atom stereocenters. The van der Waals surface area contributed by atoms with Gasteiger partial charge in [-0.3, -0.25) is 8.97 Å². The van der Waals surface area contributed by atoms with Crippen LogP contribution in [0.15, 0.2) is 188 Å². The molecule has 0 N–H and O–H groups in total. The highest BCUT2D eigenvalue weighted by atomic mass is 15.2. The Bertz CT molecular complexity index is 3570. The zero-order valence-electron chi connectivity index (χ0n) is 31.0. The number of rotatable bonds is 5. The molecule has 0 saturated heterocycles. The summed E-state index contributed by atoms with van der Waals surface area (Å²) in [7, 11) is 0. The highest BCUT2D eigenvalue weighted by Gasteiger charge is 2.21. The second-order valence-corrected chi connectivity index (χ2v) is 14.6. The Kier molecular flexibility index (Phi) is 7.09. The molecule has 7 nitrogen and oxygen atoms in total. The van der Waals surface area contributed by atoms with Crippen LogP contribution in [0.5, 0.6) is 0 Å². The van der Waals surface area contributed by atoms with E-state index in [4.69, 9.17) is 24.9 Å². The predicted octanol–water partition coefficient (Wildman–Crippen LogP) is 12.1. The average molecular weight is 742 g/mol. The van der Waals surface area contributed by atoms with Gasteiger partial charge in [-0.15, -0.1) is 0 Å². The van der Waals surface area contributed by atoms with Crippen LogP contribution in [0.3, 0.4) is 0 Å². The molecule has 4 aromatic heterocycles. The molecule has 0 bridgehead atoms. The summed E-state index contributed by atoms with van der Waals surface area (Å²) < 4.78 is 4.45. The van der Waals surface area contributed by atoms with Crippen LogP contribution in [0, 0.1) is 0 Å². The first-order valence-corrected chi connectivity index (χ1v) is 19.3. The van der Waals surface area contributed by atoms with E-state index in [-0.39, 0.29) is 0 Å². The third-order valence-corrected chi connectivity index (χ3v) is 11.2. The second kappa shape index (κ2) is 12.8. The van der Waals surface area contributed by atoms with E-state index < -0.39 is 0 Å². The molecule has 0 aliphatic heterocycles. The molecule has 7 heteroatoms. The maximum Gasteiger partial charge on any atom is 0.221 e. The van der Waals surface area contributed by atoms with Crippen LogP contribution in [-0.4, -0.2) is 33.9 Å². The number of imidazole rings is 1. The molecule has 0 saturated carbocycles. The molecule has 4 heterocycles. The summed E-state index contributed by atoms with van der Waals surface area (Å²) >= 11 is 0. The lowest BCUT2D eigenvalue weighted by Gasteiger charge is -2.12. The molecular weight excluding hydrogens is 711 g/mol.